The molecule has 2 atom stereocenters. The number of hydrogen-bond acceptors (Lipinski definition) is 0. The van der Waals surface area contributed by atoms with Crippen molar-refractivity contribution in [2.75, 3.05) is 0 Å². The van der Waals surface area contributed by atoms with Crippen molar-refractivity contribution in [3.8, 4) is 0 Å². The first-order valence-electron chi connectivity index (χ1n) is 3.55. The Kier molecular flexibility index (Phi) is 3.94. The van der Waals surface area contributed by atoms with Gasteiger partial charge in [0.2, 0.25) is 0 Å². The number of hydrogen-bond donors (Lipinski definition) is 0. The van der Waals surface area contributed by atoms with E-state index in [0.717, 1.165) is 5.92 Å². The first kappa shape index (κ1) is 8.00. The van der Waals surface area contributed by atoms with E-state index < -0.39 is 0 Å². The second-order valence-electron chi connectivity index (χ2n) is 2.55. The molecule has 0 amide bonds. The summed E-state index contributed by atoms with van der Waals surface area (Å²) in [5.74, 6) is 1.47. The molecule has 0 bridgehead atoms. The monoisotopic (exact) mass is 113 g/mol. The summed E-state index contributed by atoms with van der Waals surface area (Å²) in [6.45, 7) is 10.7. The Morgan fingerprint density at radius 2 is 1.75 bits per heavy atom. The van der Waals surface area contributed by atoms with Gasteiger partial charge >= 0.3 is 0 Å². The summed E-state index contributed by atoms with van der Waals surface area (Å²) < 4.78 is 0. The predicted molar refractivity (Wildman–Crippen MR) is 38.6 cm³/mol. The molecule has 0 aliphatic carbocycles. The van der Waals surface area contributed by atoms with Gasteiger partial charge in [-0.1, -0.05) is 33.6 Å². The molecule has 0 saturated carbocycles. The Bertz CT molecular complexity index is 40.0. The molecule has 0 N–H and O–H groups in total. The van der Waals surface area contributed by atoms with E-state index in [9.17, 15) is 0 Å². The molecule has 0 nitrogen and oxygen atoms in total. The summed E-state index contributed by atoms with van der Waals surface area (Å²) in [6, 6.07) is 0. The third-order valence-corrected chi connectivity index (χ3v) is 1.97. The highest BCUT2D eigenvalue weighted by atomic mass is 14.1. The van der Waals surface area contributed by atoms with Gasteiger partial charge in [0, 0.05) is 0 Å². The van der Waals surface area contributed by atoms with Crippen LogP contribution in [0.1, 0.15) is 33.6 Å². The molecule has 49 valence electrons. The van der Waals surface area contributed by atoms with Crippen molar-refractivity contribution in [2.45, 2.75) is 33.6 Å². The normalized spacial score (nSPS) is 18.0. The van der Waals surface area contributed by atoms with E-state index >= 15 is 0 Å². The molecular weight excluding hydrogens is 96.1 g/mol. The fourth-order valence-electron chi connectivity index (χ4n) is 0.736. The van der Waals surface area contributed by atoms with E-state index in [4.69, 9.17) is 0 Å². The van der Waals surface area contributed by atoms with Crippen molar-refractivity contribution in [2.24, 2.45) is 11.8 Å². The van der Waals surface area contributed by atoms with Crippen LogP contribution in [-0.4, -0.2) is 0 Å². The maximum absolute atomic E-state index is 4.03. The van der Waals surface area contributed by atoms with E-state index in [1.165, 1.54) is 12.8 Å². The zero-order valence-corrected chi connectivity index (χ0v) is 6.28. The zero-order valence-electron chi connectivity index (χ0n) is 6.28. The van der Waals surface area contributed by atoms with E-state index in [0.29, 0.717) is 5.92 Å². The Morgan fingerprint density at radius 1 is 1.25 bits per heavy atom. The lowest BCUT2D eigenvalue weighted by atomic mass is 9.92. The summed E-state index contributed by atoms with van der Waals surface area (Å²) in [4.78, 5) is 0. The molecule has 0 fully saturated rings. The van der Waals surface area contributed by atoms with Gasteiger partial charge < -0.3 is 0 Å². The summed E-state index contributed by atoms with van der Waals surface area (Å²) in [6.07, 6.45) is 2.48. The minimum atomic E-state index is 0.667. The standard InChI is InChI=1S/C8H17/c1-5-7(3)8(4)6-2/h7-8H,3,5-6H2,1-2,4H3. The molecule has 8 heavy (non-hydrogen) atoms. The van der Waals surface area contributed by atoms with Crippen molar-refractivity contribution in [3.63, 3.8) is 0 Å². The van der Waals surface area contributed by atoms with Crippen LogP contribution in [0.5, 0.6) is 0 Å². The van der Waals surface area contributed by atoms with Crippen LogP contribution >= 0.6 is 0 Å². The summed E-state index contributed by atoms with van der Waals surface area (Å²) in [5.41, 5.74) is 0. The lowest BCUT2D eigenvalue weighted by Gasteiger charge is -2.14. The van der Waals surface area contributed by atoms with E-state index in [1.54, 1.807) is 0 Å². The highest BCUT2D eigenvalue weighted by molar-refractivity contribution is 4.64. The Labute approximate surface area is 53.3 Å². The highest BCUT2D eigenvalue weighted by Gasteiger charge is 2.05. The van der Waals surface area contributed by atoms with Gasteiger partial charge in [-0.3, -0.25) is 0 Å². The number of rotatable bonds is 3. The van der Waals surface area contributed by atoms with Crippen molar-refractivity contribution in [1.82, 2.24) is 0 Å². The summed E-state index contributed by atoms with van der Waals surface area (Å²) in [5, 5.41) is 0. The minimum absolute atomic E-state index is 0.667. The first-order chi connectivity index (χ1) is 3.72. The second kappa shape index (κ2) is 3.94. The lowest BCUT2D eigenvalue weighted by molar-refractivity contribution is 0.403. The zero-order chi connectivity index (χ0) is 6.57. The third kappa shape index (κ3) is 2.34. The van der Waals surface area contributed by atoms with Gasteiger partial charge in [-0.15, -0.1) is 0 Å². The van der Waals surface area contributed by atoms with Crippen molar-refractivity contribution < 1.29 is 0 Å². The van der Waals surface area contributed by atoms with Crippen LogP contribution in [0.4, 0.5) is 0 Å². The third-order valence-electron chi connectivity index (χ3n) is 1.97. The van der Waals surface area contributed by atoms with Crippen LogP contribution in [0.15, 0.2) is 0 Å². The summed E-state index contributed by atoms with van der Waals surface area (Å²) >= 11 is 0. The molecule has 0 saturated heterocycles. The summed E-state index contributed by atoms with van der Waals surface area (Å²) in [7, 11) is 0. The molecule has 0 aromatic carbocycles. The second-order valence-corrected chi connectivity index (χ2v) is 2.55. The van der Waals surface area contributed by atoms with Crippen LogP contribution in [0.3, 0.4) is 0 Å². The van der Waals surface area contributed by atoms with Crippen LogP contribution in [-0.2, 0) is 0 Å². The Balaban J connectivity index is 3.29. The maximum atomic E-state index is 4.03. The lowest BCUT2D eigenvalue weighted by Crippen LogP contribution is -2.04. The van der Waals surface area contributed by atoms with Gasteiger partial charge in [-0.25, -0.2) is 0 Å². The first-order valence-corrected chi connectivity index (χ1v) is 3.55. The van der Waals surface area contributed by atoms with Crippen molar-refractivity contribution >= 4 is 0 Å². The van der Waals surface area contributed by atoms with Crippen molar-refractivity contribution in [1.29, 1.82) is 0 Å². The maximum Gasteiger partial charge on any atom is -0.0391 e. The quantitative estimate of drug-likeness (QED) is 0.528. The van der Waals surface area contributed by atoms with Crippen LogP contribution in [0.25, 0.3) is 0 Å². The molecule has 0 aromatic heterocycles. The van der Waals surface area contributed by atoms with Crippen LogP contribution < -0.4 is 0 Å². The molecule has 1 radical (unpaired) electrons. The molecule has 0 heteroatoms. The largest absolute Gasteiger partial charge is 0.0651 e. The fraction of sp³-hybridized carbons (Fsp3) is 0.875. The van der Waals surface area contributed by atoms with Gasteiger partial charge in [0.05, 0.1) is 0 Å². The van der Waals surface area contributed by atoms with E-state index in [1.807, 2.05) is 0 Å². The SMILES string of the molecule is [CH2]C(CC)C(C)CC. The molecule has 0 aromatic rings. The van der Waals surface area contributed by atoms with Crippen LogP contribution in [0.2, 0.25) is 0 Å². The van der Waals surface area contributed by atoms with E-state index in [2.05, 4.69) is 27.7 Å². The average molecular weight is 113 g/mol. The van der Waals surface area contributed by atoms with Gasteiger partial charge in [-0.05, 0) is 18.8 Å². The molecular formula is C8H17. The highest BCUT2D eigenvalue weighted by Crippen LogP contribution is 2.16. The smallest absolute Gasteiger partial charge is 0.0391 e. The van der Waals surface area contributed by atoms with Crippen LogP contribution in [0, 0.1) is 18.8 Å². The predicted octanol–water partition coefficient (Wildman–Crippen LogP) is 2.89. The fourth-order valence-corrected chi connectivity index (χ4v) is 0.736. The molecule has 2 unspecified atom stereocenters. The average Bonchev–Trinajstić information content (AvgIpc) is 1.84. The molecule has 0 aliphatic rings. The molecule has 0 heterocycles. The Hall–Kier alpha value is 0. The molecule has 0 rings (SSSR count). The van der Waals surface area contributed by atoms with Gasteiger partial charge in [0.1, 0.15) is 0 Å². The topological polar surface area (TPSA) is 0 Å². The van der Waals surface area contributed by atoms with Gasteiger partial charge in [0.15, 0.2) is 0 Å². The van der Waals surface area contributed by atoms with Gasteiger partial charge in [0.25, 0.3) is 0 Å². The Morgan fingerprint density at radius 3 is 1.88 bits per heavy atom. The molecule has 0 aliphatic heterocycles. The van der Waals surface area contributed by atoms with Crippen molar-refractivity contribution in [3.05, 3.63) is 6.92 Å². The molecule has 0 spiro atoms. The van der Waals surface area contributed by atoms with Gasteiger partial charge in [-0.2, -0.15) is 0 Å². The minimum Gasteiger partial charge on any atom is -0.0651 e. The van der Waals surface area contributed by atoms with E-state index in [-0.39, 0.29) is 0 Å².